The van der Waals surface area contributed by atoms with E-state index in [2.05, 4.69) is 25.3 Å². The molecule has 2 rings (SSSR count). The Hall–Kier alpha value is -1.19. The van der Waals surface area contributed by atoms with E-state index in [1.165, 1.54) is 32.1 Å². The van der Waals surface area contributed by atoms with Gasteiger partial charge in [0.05, 0.1) is 5.41 Å². The van der Waals surface area contributed by atoms with Gasteiger partial charge in [0.25, 0.3) is 0 Å². The van der Waals surface area contributed by atoms with Crippen molar-refractivity contribution in [3.63, 3.8) is 0 Å². The van der Waals surface area contributed by atoms with Gasteiger partial charge in [0, 0.05) is 10.9 Å². The molecule has 1 aliphatic rings. The smallest absolute Gasteiger partial charge is 0.0712 e. The molecule has 0 saturated heterocycles. The molecule has 0 unspecified atom stereocenters. The largest absolute Gasteiger partial charge is 0.101 e. The summed E-state index contributed by atoms with van der Waals surface area (Å²) in [5.41, 5.74) is 0.886. The average molecular weight is 273 g/mol. The lowest BCUT2D eigenvalue weighted by molar-refractivity contribution is 0.430. The summed E-state index contributed by atoms with van der Waals surface area (Å²) >= 11 is 5.94. The third kappa shape index (κ3) is 3.64. The maximum Gasteiger partial charge on any atom is 0.0712 e. The van der Waals surface area contributed by atoms with Crippen LogP contribution in [0, 0.1) is 17.8 Å². The van der Waals surface area contributed by atoms with Gasteiger partial charge < -0.3 is 0 Å². The molecule has 0 aromatic heterocycles. The van der Waals surface area contributed by atoms with Gasteiger partial charge in [-0.1, -0.05) is 60.9 Å². The minimum atomic E-state index is -0.276. The lowest BCUT2D eigenvalue weighted by atomic mass is 9.81. The van der Waals surface area contributed by atoms with Crippen LogP contribution in [0.15, 0.2) is 36.9 Å². The maximum atomic E-state index is 5.94. The molecule has 0 radical (unpaired) electrons. The van der Waals surface area contributed by atoms with E-state index in [-0.39, 0.29) is 5.41 Å². The molecular formula is C18H21Cl. The van der Waals surface area contributed by atoms with Crippen LogP contribution in [0.2, 0.25) is 5.02 Å². The summed E-state index contributed by atoms with van der Waals surface area (Å²) in [6.45, 7) is 6.08. The minimum Gasteiger partial charge on any atom is -0.101 e. The number of benzene rings is 1. The molecule has 0 bridgehead atoms. The highest BCUT2D eigenvalue weighted by molar-refractivity contribution is 6.30. The third-order valence-corrected chi connectivity index (χ3v) is 4.25. The van der Waals surface area contributed by atoms with E-state index in [1.807, 2.05) is 30.3 Å². The van der Waals surface area contributed by atoms with E-state index >= 15 is 0 Å². The van der Waals surface area contributed by atoms with Crippen LogP contribution in [0.4, 0.5) is 0 Å². The third-order valence-electron chi connectivity index (χ3n) is 3.99. The molecule has 1 saturated carbocycles. The van der Waals surface area contributed by atoms with Gasteiger partial charge in [-0.15, -0.1) is 6.58 Å². The fourth-order valence-corrected chi connectivity index (χ4v) is 2.66. The second-order valence-corrected chi connectivity index (χ2v) is 5.95. The molecule has 1 aliphatic carbocycles. The van der Waals surface area contributed by atoms with Crippen molar-refractivity contribution in [2.24, 2.45) is 5.92 Å². The summed E-state index contributed by atoms with van der Waals surface area (Å²) in [6.07, 6.45) is 8.46. The van der Waals surface area contributed by atoms with Crippen LogP contribution >= 0.6 is 11.6 Å². The fraction of sp³-hybridized carbons (Fsp3) is 0.444. The Balaban J connectivity index is 2.20. The van der Waals surface area contributed by atoms with Crippen LogP contribution in [0.25, 0.3) is 0 Å². The monoisotopic (exact) mass is 272 g/mol. The molecule has 1 heteroatoms. The van der Waals surface area contributed by atoms with E-state index < -0.39 is 0 Å². The molecule has 100 valence electrons. The highest BCUT2D eigenvalue weighted by atomic mass is 35.5. The Kier molecular flexibility index (Phi) is 4.72. The lowest BCUT2D eigenvalue weighted by Gasteiger charge is -2.21. The zero-order valence-corrected chi connectivity index (χ0v) is 12.3. The van der Waals surface area contributed by atoms with E-state index in [9.17, 15) is 0 Å². The van der Waals surface area contributed by atoms with Crippen LogP contribution in [0.5, 0.6) is 0 Å². The van der Waals surface area contributed by atoms with E-state index in [0.717, 1.165) is 10.6 Å². The summed E-state index contributed by atoms with van der Waals surface area (Å²) in [6, 6.07) is 7.92. The molecular weight excluding hydrogens is 252 g/mol. The Morgan fingerprint density at radius 2 is 1.84 bits per heavy atom. The molecule has 0 spiro atoms. The van der Waals surface area contributed by atoms with Gasteiger partial charge in [0.2, 0.25) is 0 Å². The zero-order valence-electron chi connectivity index (χ0n) is 11.6. The van der Waals surface area contributed by atoms with Crippen molar-refractivity contribution in [3.8, 4) is 11.8 Å². The fourth-order valence-electron chi connectivity index (χ4n) is 2.54. The maximum absolute atomic E-state index is 5.94. The first-order valence-corrected chi connectivity index (χ1v) is 7.44. The predicted octanol–water partition coefficient (Wildman–Crippen LogP) is 5.37. The number of halogens is 1. The Bertz CT molecular complexity index is 483. The Morgan fingerprint density at radius 1 is 1.21 bits per heavy atom. The molecule has 0 heterocycles. The molecule has 19 heavy (non-hydrogen) atoms. The highest BCUT2D eigenvalue weighted by Gasteiger charge is 2.20. The van der Waals surface area contributed by atoms with Crippen molar-refractivity contribution in [2.75, 3.05) is 0 Å². The summed E-state index contributed by atoms with van der Waals surface area (Å²) in [4.78, 5) is 0. The minimum absolute atomic E-state index is 0.276. The molecule has 1 atom stereocenters. The van der Waals surface area contributed by atoms with Crippen molar-refractivity contribution in [1.29, 1.82) is 0 Å². The summed E-state index contributed by atoms with van der Waals surface area (Å²) in [5, 5.41) is 0.760. The van der Waals surface area contributed by atoms with E-state index in [4.69, 9.17) is 11.6 Å². The van der Waals surface area contributed by atoms with Crippen LogP contribution in [-0.4, -0.2) is 0 Å². The number of allylic oxidation sites excluding steroid dienone is 1. The molecule has 0 aliphatic heterocycles. The van der Waals surface area contributed by atoms with Gasteiger partial charge in [-0.3, -0.25) is 0 Å². The molecule has 1 fully saturated rings. The first-order chi connectivity index (χ1) is 9.14. The molecule has 1 aromatic rings. The van der Waals surface area contributed by atoms with Gasteiger partial charge in [0.15, 0.2) is 0 Å². The number of rotatable bonds is 2. The SMILES string of the molecule is C=C[C@@](C)(C#CC1CCCCC1)c1ccc(Cl)cc1. The van der Waals surface area contributed by atoms with Crippen LogP contribution < -0.4 is 0 Å². The normalized spacial score (nSPS) is 19.1. The van der Waals surface area contributed by atoms with Crippen molar-refractivity contribution < 1.29 is 0 Å². The second kappa shape index (κ2) is 6.31. The standard InChI is InChI=1S/C18H21Cl/c1-3-18(2,16-9-11-17(19)12-10-16)14-13-15-7-5-4-6-8-15/h3,9-12,15H,1,4-8H2,2H3/t18-/m0/s1. The lowest BCUT2D eigenvalue weighted by Crippen LogP contribution is -2.16. The summed E-state index contributed by atoms with van der Waals surface area (Å²) in [5.74, 6) is 7.48. The highest BCUT2D eigenvalue weighted by Crippen LogP contribution is 2.27. The topological polar surface area (TPSA) is 0 Å². The molecule has 1 aromatic carbocycles. The summed E-state index contributed by atoms with van der Waals surface area (Å²) in [7, 11) is 0. The van der Waals surface area contributed by atoms with Crippen molar-refractivity contribution >= 4 is 11.6 Å². The first-order valence-electron chi connectivity index (χ1n) is 7.06. The van der Waals surface area contributed by atoms with E-state index in [1.54, 1.807) is 0 Å². The van der Waals surface area contributed by atoms with Crippen molar-refractivity contribution in [3.05, 3.63) is 47.5 Å². The van der Waals surface area contributed by atoms with Gasteiger partial charge in [-0.2, -0.15) is 0 Å². The van der Waals surface area contributed by atoms with Crippen LogP contribution in [-0.2, 0) is 5.41 Å². The predicted molar refractivity (Wildman–Crippen MR) is 83.4 cm³/mol. The van der Waals surface area contributed by atoms with Crippen LogP contribution in [0.1, 0.15) is 44.6 Å². The molecule has 0 amide bonds. The van der Waals surface area contributed by atoms with Crippen molar-refractivity contribution in [1.82, 2.24) is 0 Å². The summed E-state index contributed by atoms with van der Waals surface area (Å²) < 4.78 is 0. The van der Waals surface area contributed by atoms with Gasteiger partial charge in [0.1, 0.15) is 0 Å². The van der Waals surface area contributed by atoms with E-state index in [0.29, 0.717) is 5.92 Å². The number of hydrogen-bond acceptors (Lipinski definition) is 0. The Labute approximate surface area is 121 Å². The van der Waals surface area contributed by atoms with Gasteiger partial charge in [-0.05, 0) is 37.5 Å². The average Bonchev–Trinajstić information content (AvgIpc) is 2.46. The zero-order chi connectivity index (χ0) is 13.7. The Morgan fingerprint density at radius 3 is 2.42 bits per heavy atom. The number of hydrogen-bond donors (Lipinski definition) is 0. The van der Waals surface area contributed by atoms with Crippen molar-refractivity contribution in [2.45, 2.75) is 44.4 Å². The van der Waals surface area contributed by atoms with Crippen LogP contribution in [0.3, 0.4) is 0 Å². The second-order valence-electron chi connectivity index (χ2n) is 5.52. The molecule has 0 nitrogen and oxygen atoms in total. The quantitative estimate of drug-likeness (QED) is 0.502. The van der Waals surface area contributed by atoms with Gasteiger partial charge >= 0.3 is 0 Å². The first kappa shape index (κ1) is 14.2. The van der Waals surface area contributed by atoms with Gasteiger partial charge in [-0.25, -0.2) is 0 Å². The molecule has 0 N–H and O–H groups in total.